The molecule has 2 aromatic rings. The van der Waals surface area contributed by atoms with Crippen LogP contribution in [0.15, 0.2) is 54.6 Å². The first kappa shape index (κ1) is 39.3. The van der Waals surface area contributed by atoms with E-state index in [4.69, 9.17) is 23.8 Å². The molecule has 3 aliphatic heterocycles. The fourth-order valence-corrected chi connectivity index (χ4v) is 7.68. The number of phenolic OH excluding ortho intramolecular Hbond substituents is 1. The van der Waals surface area contributed by atoms with Gasteiger partial charge in [0.1, 0.15) is 54.0 Å². The van der Waals surface area contributed by atoms with E-state index >= 15 is 0 Å². The number of nitrogens with zero attached hydrogens (tertiary/aromatic N) is 1. The summed E-state index contributed by atoms with van der Waals surface area (Å²) in [7, 11) is 0. The summed E-state index contributed by atoms with van der Waals surface area (Å²) in [4.78, 5) is 60.7. The van der Waals surface area contributed by atoms with Gasteiger partial charge in [-0.2, -0.15) is 5.06 Å². The maximum Gasteiger partial charge on any atom is 0.327 e. The summed E-state index contributed by atoms with van der Waals surface area (Å²) in [5, 5.41) is 37.5. The Morgan fingerprint density at radius 2 is 1.85 bits per heavy atom. The van der Waals surface area contributed by atoms with Crippen LogP contribution in [-0.4, -0.2) is 112 Å². The van der Waals surface area contributed by atoms with Crippen molar-refractivity contribution < 1.29 is 58.3 Å². The molecule has 292 valence electrons. The monoisotopic (exact) mass is 751 g/mol. The highest BCUT2D eigenvalue weighted by Gasteiger charge is 2.74. The molecule has 2 bridgehead atoms. The molecular formula is C39H49N3O12. The number of amides is 2. The van der Waals surface area contributed by atoms with E-state index in [0.29, 0.717) is 6.42 Å². The van der Waals surface area contributed by atoms with Crippen molar-refractivity contribution >= 4 is 29.8 Å². The Morgan fingerprint density at radius 3 is 2.57 bits per heavy atom. The molecule has 5 N–H and O–H groups in total. The standard InChI is InChI=1S/C39H49N3O12/c1-22(44)30(35(47)40-26(20-43)15-16-29(46)53-38(2,3)4)41-37(49)39-18-28-31-32(51-21-50-31)34(39)54-42(33(39)36(48)52-28)19-24-11-7-9-23(17-24)10-8-13-25-12-5-6-14-27(25)45/h5-12,14,17,22,26,28,30-34,43-45H,13,15-16,18-21H2,1-4H3,(H,40,47)(H,41,49)/t22-,26-,28+,30+,31-,32-,33-,34+,39-/m0/s1. The number of fused-ring (bicyclic) bond motifs is 4. The second kappa shape index (κ2) is 16.2. The normalized spacial score (nSPS) is 27.8. The van der Waals surface area contributed by atoms with Crippen LogP contribution in [0.1, 0.15) is 63.6 Å². The van der Waals surface area contributed by atoms with Crippen molar-refractivity contribution in [1.82, 2.24) is 15.7 Å². The van der Waals surface area contributed by atoms with E-state index < -0.39 is 90.0 Å². The van der Waals surface area contributed by atoms with Crippen molar-refractivity contribution in [3.8, 4) is 5.75 Å². The number of aliphatic hydroxyl groups excluding tert-OH is 2. The summed E-state index contributed by atoms with van der Waals surface area (Å²) in [5.41, 5.74) is 0.124. The van der Waals surface area contributed by atoms with Crippen LogP contribution in [0.4, 0.5) is 0 Å². The molecule has 2 aromatic carbocycles. The average molecular weight is 752 g/mol. The fraction of sp³-hybridized carbons (Fsp3) is 0.538. The summed E-state index contributed by atoms with van der Waals surface area (Å²) < 4.78 is 22.9. The number of carbonyl (C=O) groups excluding carboxylic acids is 4. The van der Waals surface area contributed by atoms with Crippen LogP contribution in [-0.2, 0) is 55.9 Å². The van der Waals surface area contributed by atoms with Gasteiger partial charge in [0, 0.05) is 12.8 Å². The highest BCUT2D eigenvalue weighted by atomic mass is 16.8. The summed E-state index contributed by atoms with van der Waals surface area (Å²) >= 11 is 0. The third kappa shape index (κ3) is 8.31. The minimum absolute atomic E-state index is 0.0132. The van der Waals surface area contributed by atoms with Crippen LogP contribution >= 0.6 is 0 Å². The van der Waals surface area contributed by atoms with Gasteiger partial charge in [-0.05, 0) is 63.3 Å². The molecule has 0 radical (unpaired) electrons. The summed E-state index contributed by atoms with van der Waals surface area (Å²) in [6.45, 7) is 6.01. The van der Waals surface area contributed by atoms with E-state index in [1.807, 2.05) is 48.6 Å². The molecule has 9 atom stereocenters. The molecule has 1 saturated carbocycles. The third-order valence-corrected chi connectivity index (χ3v) is 10.2. The van der Waals surface area contributed by atoms with E-state index in [1.165, 1.54) is 12.0 Å². The van der Waals surface area contributed by atoms with Gasteiger partial charge in [0.25, 0.3) is 0 Å². The highest BCUT2D eigenvalue weighted by molar-refractivity contribution is 5.96. The number of nitrogens with one attached hydrogen (secondary N) is 2. The second-order valence-corrected chi connectivity index (χ2v) is 15.3. The van der Waals surface area contributed by atoms with Crippen molar-refractivity contribution in [1.29, 1.82) is 0 Å². The molecule has 54 heavy (non-hydrogen) atoms. The van der Waals surface area contributed by atoms with Crippen molar-refractivity contribution in [2.75, 3.05) is 13.4 Å². The van der Waals surface area contributed by atoms with Gasteiger partial charge in [0.2, 0.25) is 11.8 Å². The average Bonchev–Trinajstić information content (AvgIpc) is 3.74. The van der Waals surface area contributed by atoms with Gasteiger partial charge < -0.3 is 44.9 Å². The first-order valence-corrected chi connectivity index (χ1v) is 18.2. The fourth-order valence-electron chi connectivity index (χ4n) is 7.68. The number of ether oxygens (including phenoxy) is 4. The number of rotatable bonds is 14. The molecular weight excluding hydrogens is 702 g/mol. The Labute approximate surface area is 313 Å². The van der Waals surface area contributed by atoms with Crippen molar-refractivity contribution in [3.05, 3.63) is 71.3 Å². The van der Waals surface area contributed by atoms with Crippen molar-refractivity contribution in [2.45, 2.75) is 114 Å². The largest absolute Gasteiger partial charge is 0.508 e. The van der Waals surface area contributed by atoms with E-state index in [9.17, 15) is 34.5 Å². The molecule has 2 amide bonds. The predicted molar refractivity (Wildman–Crippen MR) is 191 cm³/mol. The lowest BCUT2D eigenvalue weighted by Gasteiger charge is -2.49. The Hall–Kier alpha value is -4.38. The minimum Gasteiger partial charge on any atom is -0.508 e. The van der Waals surface area contributed by atoms with Crippen LogP contribution in [0.25, 0.3) is 6.08 Å². The number of aliphatic hydroxyl groups is 2. The number of phenols is 1. The van der Waals surface area contributed by atoms with Gasteiger partial charge in [-0.15, -0.1) is 0 Å². The Kier molecular flexibility index (Phi) is 11.8. The van der Waals surface area contributed by atoms with Crippen molar-refractivity contribution in [2.24, 2.45) is 5.41 Å². The number of para-hydroxylation sites is 1. The minimum atomic E-state index is -1.59. The van der Waals surface area contributed by atoms with E-state index in [1.54, 1.807) is 32.9 Å². The van der Waals surface area contributed by atoms with Crippen LogP contribution in [0.5, 0.6) is 5.75 Å². The molecule has 6 rings (SSSR count). The Morgan fingerprint density at radius 1 is 1.09 bits per heavy atom. The molecule has 0 aromatic heterocycles. The zero-order valence-corrected chi connectivity index (χ0v) is 30.8. The number of hydrogen-bond acceptors (Lipinski definition) is 13. The number of benzene rings is 2. The topological polar surface area (TPSA) is 202 Å². The van der Waals surface area contributed by atoms with Gasteiger partial charge in [0.05, 0.1) is 25.3 Å². The molecule has 15 nitrogen and oxygen atoms in total. The molecule has 1 aliphatic carbocycles. The third-order valence-electron chi connectivity index (χ3n) is 10.2. The number of carbonyl (C=O) groups is 4. The summed E-state index contributed by atoms with van der Waals surface area (Å²) in [6, 6.07) is 11.1. The van der Waals surface area contributed by atoms with Crippen molar-refractivity contribution in [3.63, 3.8) is 0 Å². The van der Waals surface area contributed by atoms with Crippen LogP contribution < -0.4 is 10.6 Å². The first-order chi connectivity index (χ1) is 25.7. The van der Waals surface area contributed by atoms with Gasteiger partial charge in [-0.1, -0.05) is 54.6 Å². The zero-order chi connectivity index (χ0) is 38.8. The Balaban J connectivity index is 1.20. The van der Waals surface area contributed by atoms with Gasteiger partial charge in [-0.25, -0.2) is 0 Å². The lowest BCUT2D eigenvalue weighted by atomic mass is 9.62. The molecule has 4 fully saturated rings. The molecule has 0 spiro atoms. The van der Waals surface area contributed by atoms with Crippen LogP contribution in [0.2, 0.25) is 0 Å². The lowest BCUT2D eigenvalue weighted by molar-refractivity contribution is -0.201. The molecule has 3 saturated heterocycles. The number of hydrogen-bond donors (Lipinski definition) is 5. The highest BCUT2D eigenvalue weighted by Crippen LogP contribution is 2.55. The van der Waals surface area contributed by atoms with Gasteiger partial charge in [0.15, 0.2) is 6.04 Å². The van der Waals surface area contributed by atoms with Gasteiger partial charge in [-0.3, -0.25) is 24.0 Å². The zero-order valence-electron chi connectivity index (χ0n) is 30.8. The van der Waals surface area contributed by atoms with E-state index in [0.717, 1.165) is 16.7 Å². The summed E-state index contributed by atoms with van der Waals surface area (Å²) in [5.74, 6) is -2.50. The molecule has 4 aliphatic rings. The predicted octanol–water partition coefficient (Wildman–Crippen LogP) is 1.65. The summed E-state index contributed by atoms with van der Waals surface area (Å²) in [6.07, 6.45) is -0.313. The molecule has 3 heterocycles. The van der Waals surface area contributed by atoms with Crippen LogP contribution in [0, 0.1) is 5.41 Å². The van der Waals surface area contributed by atoms with Crippen LogP contribution in [0.3, 0.4) is 0 Å². The quantitative estimate of drug-likeness (QED) is 0.175. The lowest BCUT2D eigenvalue weighted by Crippen LogP contribution is -2.71. The first-order valence-electron chi connectivity index (χ1n) is 18.2. The molecule has 0 unspecified atom stereocenters. The van der Waals surface area contributed by atoms with Gasteiger partial charge >= 0.3 is 11.9 Å². The SMILES string of the molecule is C[C@H](O)[C@@H](NC(=O)[C@@]12C[C@H]3OC(=O)[C@@H]1N(Cc1cccc(C=CCc4ccccc4O)c1)O[C@@H]2[C@H]1OCO[C@H]13)C(=O)N[C@H](CO)CCC(=O)OC(C)(C)C. The maximum absolute atomic E-state index is 14.6. The van der Waals surface area contributed by atoms with E-state index in [2.05, 4.69) is 10.6 Å². The maximum atomic E-state index is 14.6. The Bertz CT molecular complexity index is 1740. The number of aromatic hydroxyl groups is 1. The smallest absolute Gasteiger partial charge is 0.327 e. The number of allylic oxidation sites excluding steroid dienone is 1. The molecule has 15 heteroatoms. The van der Waals surface area contributed by atoms with E-state index in [-0.39, 0.29) is 38.3 Å². The second-order valence-electron chi connectivity index (χ2n) is 15.3. The number of hydroxylamine groups is 2. The number of esters is 2.